The summed E-state index contributed by atoms with van der Waals surface area (Å²) in [6, 6.07) is 1.77. The number of hydrogen-bond donors (Lipinski definition) is 2. The predicted octanol–water partition coefficient (Wildman–Crippen LogP) is 0.690. The van der Waals surface area contributed by atoms with Gasteiger partial charge < -0.3 is 15.3 Å². The van der Waals surface area contributed by atoms with E-state index in [4.69, 9.17) is 5.11 Å². The number of amides is 2. The summed E-state index contributed by atoms with van der Waals surface area (Å²) in [6.07, 6.45) is 0.373. The van der Waals surface area contributed by atoms with Crippen LogP contribution in [0.4, 0.5) is 0 Å². The van der Waals surface area contributed by atoms with Crippen molar-refractivity contribution >= 4 is 23.2 Å². The number of likely N-dealkylation sites (N-methyl/N-ethyl adjacent to an activating group) is 2. The Bertz CT molecular complexity index is 528. The Morgan fingerprint density at radius 1 is 1.50 bits per heavy atom. The number of thiophene rings is 1. The second kappa shape index (κ2) is 8.35. The second-order valence-corrected chi connectivity index (χ2v) is 4.97. The van der Waals surface area contributed by atoms with Crippen LogP contribution in [0, 0.1) is 11.8 Å². The van der Waals surface area contributed by atoms with Crippen LogP contribution >= 0.6 is 11.3 Å². The Labute approximate surface area is 122 Å². The molecular weight excluding hydrogens is 276 g/mol. The van der Waals surface area contributed by atoms with Crippen molar-refractivity contribution in [2.75, 3.05) is 26.7 Å². The van der Waals surface area contributed by atoms with Gasteiger partial charge in [0.1, 0.15) is 4.88 Å². The third-order valence-electron chi connectivity index (χ3n) is 2.42. The summed E-state index contributed by atoms with van der Waals surface area (Å²) >= 11 is 1.30. The molecule has 1 heterocycles. The van der Waals surface area contributed by atoms with Gasteiger partial charge in [-0.2, -0.15) is 0 Å². The molecule has 108 valence electrons. The highest BCUT2D eigenvalue weighted by Crippen LogP contribution is 2.17. The molecule has 1 aromatic heterocycles. The number of carbonyl (C=O) groups excluding carboxylic acids is 2. The van der Waals surface area contributed by atoms with E-state index in [9.17, 15) is 9.59 Å². The maximum absolute atomic E-state index is 12.2. The number of rotatable bonds is 5. The van der Waals surface area contributed by atoms with Crippen molar-refractivity contribution in [1.82, 2.24) is 10.2 Å². The van der Waals surface area contributed by atoms with Crippen molar-refractivity contribution in [1.29, 1.82) is 0 Å². The summed E-state index contributed by atoms with van der Waals surface area (Å²) in [6.45, 7) is 2.39. The molecule has 0 bridgehead atoms. The van der Waals surface area contributed by atoms with Gasteiger partial charge in [-0.3, -0.25) is 9.59 Å². The minimum Gasteiger partial charge on any atom is -0.395 e. The normalized spacial score (nSPS) is 9.55. The lowest BCUT2D eigenvalue weighted by molar-refractivity contribution is -0.121. The third kappa shape index (κ3) is 4.68. The molecule has 1 rings (SSSR count). The lowest BCUT2D eigenvalue weighted by atomic mass is 10.2. The van der Waals surface area contributed by atoms with E-state index < -0.39 is 0 Å². The van der Waals surface area contributed by atoms with E-state index in [-0.39, 0.29) is 25.0 Å². The van der Waals surface area contributed by atoms with E-state index in [1.54, 1.807) is 18.5 Å². The number of nitrogens with one attached hydrogen (secondary N) is 1. The van der Waals surface area contributed by atoms with E-state index in [1.807, 2.05) is 6.92 Å². The summed E-state index contributed by atoms with van der Waals surface area (Å²) in [5.41, 5.74) is 0.635. The first-order chi connectivity index (χ1) is 9.60. The quantitative estimate of drug-likeness (QED) is 0.785. The highest BCUT2D eigenvalue weighted by Gasteiger charge is 2.18. The second-order valence-electron chi connectivity index (χ2n) is 4.05. The maximum Gasteiger partial charge on any atom is 0.265 e. The number of hydrogen-bond acceptors (Lipinski definition) is 4. The van der Waals surface area contributed by atoms with E-state index in [2.05, 4.69) is 17.2 Å². The maximum atomic E-state index is 12.2. The Morgan fingerprint density at radius 3 is 2.90 bits per heavy atom. The lowest BCUT2D eigenvalue weighted by Gasteiger charge is -2.15. The van der Waals surface area contributed by atoms with Crippen LogP contribution in [0.3, 0.4) is 0 Å². The fourth-order valence-electron chi connectivity index (χ4n) is 1.50. The SMILES string of the molecule is CCNC(=O)CN(C)C(=O)c1sccc1C#CCCO. The van der Waals surface area contributed by atoms with Crippen LogP contribution < -0.4 is 5.32 Å². The zero-order valence-electron chi connectivity index (χ0n) is 11.6. The standard InChI is InChI=1S/C14H18N2O3S/c1-3-15-12(18)10-16(2)14(19)13-11(7-9-20-13)6-4-5-8-17/h7,9,17H,3,5,8,10H2,1-2H3,(H,15,18). The minimum atomic E-state index is -0.223. The predicted molar refractivity (Wildman–Crippen MR) is 78.5 cm³/mol. The number of nitrogens with zero attached hydrogens (tertiary/aromatic N) is 1. The zero-order valence-corrected chi connectivity index (χ0v) is 12.4. The van der Waals surface area contributed by atoms with Gasteiger partial charge in [-0.15, -0.1) is 11.3 Å². The summed E-state index contributed by atoms with van der Waals surface area (Å²) in [5, 5.41) is 13.1. The lowest BCUT2D eigenvalue weighted by Crippen LogP contribution is -2.38. The molecule has 2 N–H and O–H groups in total. The molecule has 0 saturated heterocycles. The summed E-state index contributed by atoms with van der Waals surface area (Å²) in [4.78, 5) is 25.6. The Morgan fingerprint density at radius 2 is 2.25 bits per heavy atom. The van der Waals surface area contributed by atoms with Gasteiger partial charge >= 0.3 is 0 Å². The molecule has 0 unspecified atom stereocenters. The molecule has 0 aromatic carbocycles. The first-order valence-electron chi connectivity index (χ1n) is 6.29. The van der Waals surface area contributed by atoms with E-state index in [0.29, 0.717) is 23.4 Å². The minimum absolute atomic E-state index is 0.00247. The van der Waals surface area contributed by atoms with Crippen LogP contribution in [0.15, 0.2) is 11.4 Å². The van der Waals surface area contributed by atoms with Gasteiger partial charge in [0.05, 0.1) is 13.2 Å². The van der Waals surface area contributed by atoms with Crippen LogP contribution in [-0.4, -0.2) is 48.6 Å². The fourth-order valence-corrected chi connectivity index (χ4v) is 2.34. The van der Waals surface area contributed by atoms with Crippen molar-refractivity contribution in [2.45, 2.75) is 13.3 Å². The Balaban J connectivity index is 2.75. The topological polar surface area (TPSA) is 69.6 Å². The average molecular weight is 294 g/mol. The van der Waals surface area contributed by atoms with Crippen LogP contribution in [0.5, 0.6) is 0 Å². The summed E-state index contributed by atoms with van der Waals surface area (Å²) in [5.74, 6) is 5.24. The van der Waals surface area contributed by atoms with Crippen molar-refractivity contribution in [2.24, 2.45) is 0 Å². The molecule has 0 aliphatic heterocycles. The molecule has 0 radical (unpaired) electrons. The largest absolute Gasteiger partial charge is 0.395 e. The van der Waals surface area contributed by atoms with Crippen molar-refractivity contribution in [3.05, 3.63) is 21.9 Å². The van der Waals surface area contributed by atoms with Crippen LogP contribution in [0.25, 0.3) is 0 Å². The first-order valence-corrected chi connectivity index (χ1v) is 7.17. The molecule has 0 saturated carbocycles. The highest BCUT2D eigenvalue weighted by atomic mass is 32.1. The molecule has 0 aliphatic rings. The van der Waals surface area contributed by atoms with Crippen LogP contribution in [0.2, 0.25) is 0 Å². The molecule has 0 atom stereocenters. The molecule has 0 spiro atoms. The van der Waals surface area contributed by atoms with Gasteiger partial charge in [-0.1, -0.05) is 11.8 Å². The smallest absolute Gasteiger partial charge is 0.265 e. The first kappa shape index (κ1) is 16.2. The molecule has 20 heavy (non-hydrogen) atoms. The van der Waals surface area contributed by atoms with E-state index in [1.165, 1.54) is 16.2 Å². The average Bonchev–Trinajstić information content (AvgIpc) is 2.86. The molecule has 5 nitrogen and oxygen atoms in total. The molecule has 6 heteroatoms. The van der Waals surface area contributed by atoms with E-state index >= 15 is 0 Å². The van der Waals surface area contributed by atoms with Crippen LogP contribution in [0.1, 0.15) is 28.6 Å². The highest BCUT2D eigenvalue weighted by molar-refractivity contribution is 7.12. The zero-order chi connectivity index (χ0) is 15.0. The molecular formula is C14H18N2O3S. The van der Waals surface area contributed by atoms with Gasteiger partial charge in [0.15, 0.2) is 0 Å². The number of aliphatic hydroxyl groups is 1. The molecule has 1 aromatic rings. The van der Waals surface area contributed by atoms with Gasteiger partial charge in [-0.25, -0.2) is 0 Å². The Hall–Kier alpha value is -1.84. The van der Waals surface area contributed by atoms with E-state index in [0.717, 1.165) is 0 Å². The molecule has 0 aliphatic carbocycles. The number of aliphatic hydroxyl groups excluding tert-OH is 1. The van der Waals surface area contributed by atoms with Gasteiger partial charge in [0, 0.05) is 25.6 Å². The monoisotopic (exact) mass is 294 g/mol. The van der Waals surface area contributed by atoms with Gasteiger partial charge in [0.25, 0.3) is 5.91 Å². The van der Waals surface area contributed by atoms with Crippen molar-refractivity contribution < 1.29 is 14.7 Å². The molecule has 0 fully saturated rings. The van der Waals surface area contributed by atoms with Crippen LogP contribution in [-0.2, 0) is 4.79 Å². The molecule has 2 amide bonds. The number of carbonyl (C=O) groups is 2. The Kier molecular flexibility index (Phi) is 6.77. The summed E-state index contributed by atoms with van der Waals surface area (Å²) in [7, 11) is 1.59. The van der Waals surface area contributed by atoms with Crippen molar-refractivity contribution in [3.8, 4) is 11.8 Å². The third-order valence-corrected chi connectivity index (χ3v) is 3.32. The van der Waals surface area contributed by atoms with Gasteiger partial charge in [0.2, 0.25) is 5.91 Å². The summed E-state index contributed by atoms with van der Waals surface area (Å²) < 4.78 is 0. The van der Waals surface area contributed by atoms with Gasteiger partial charge in [-0.05, 0) is 18.4 Å². The van der Waals surface area contributed by atoms with Crippen molar-refractivity contribution in [3.63, 3.8) is 0 Å². The fraction of sp³-hybridized carbons (Fsp3) is 0.429.